The van der Waals surface area contributed by atoms with E-state index in [1.807, 2.05) is 22.7 Å². The number of nitrogen functional groups attached to an aromatic ring is 2. The van der Waals surface area contributed by atoms with Gasteiger partial charge in [0.25, 0.3) is 0 Å². The van der Waals surface area contributed by atoms with Gasteiger partial charge in [0.05, 0.1) is 9.92 Å². The first kappa shape index (κ1) is 23.2. The molecule has 1 atom stereocenters. The SMILES string of the molecule is Nc1nccc(Sc2c(N)nc(N3CCC4(CC3)CN(c3ccccc3)C[C@H]4N)n3ccnc23)c1Cl. The van der Waals surface area contributed by atoms with Crippen molar-refractivity contribution in [3.63, 3.8) is 0 Å². The van der Waals surface area contributed by atoms with E-state index < -0.39 is 0 Å². The van der Waals surface area contributed by atoms with E-state index in [4.69, 9.17) is 33.8 Å². The zero-order valence-corrected chi connectivity index (χ0v) is 21.3. The van der Waals surface area contributed by atoms with Gasteiger partial charge in [0, 0.05) is 66.8 Å². The molecule has 2 aliphatic rings. The lowest BCUT2D eigenvalue weighted by atomic mass is 9.75. The number of hydrogen-bond acceptors (Lipinski definition) is 9. The van der Waals surface area contributed by atoms with Crippen molar-refractivity contribution >= 4 is 52.3 Å². The third kappa shape index (κ3) is 3.89. The van der Waals surface area contributed by atoms with Gasteiger partial charge >= 0.3 is 0 Å². The maximum Gasteiger partial charge on any atom is 0.213 e. The summed E-state index contributed by atoms with van der Waals surface area (Å²) in [5.74, 6) is 1.49. The fraction of sp³-hybridized carbons (Fsp3) is 0.320. The van der Waals surface area contributed by atoms with E-state index >= 15 is 0 Å². The van der Waals surface area contributed by atoms with Crippen LogP contribution in [0.15, 0.2) is 64.8 Å². The van der Waals surface area contributed by atoms with E-state index in [1.165, 1.54) is 17.4 Å². The Balaban J connectivity index is 1.24. The van der Waals surface area contributed by atoms with Crippen molar-refractivity contribution in [1.82, 2.24) is 19.4 Å². The molecule has 0 saturated carbocycles. The van der Waals surface area contributed by atoms with Crippen LogP contribution in [0.2, 0.25) is 5.02 Å². The number of halogens is 1. The molecule has 0 bridgehead atoms. The summed E-state index contributed by atoms with van der Waals surface area (Å²) in [5, 5.41) is 0.398. The monoisotopic (exact) mass is 521 g/mol. The molecule has 2 saturated heterocycles. The Hall–Kier alpha value is -3.21. The standard InChI is InChI=1S/C25H28ClN9S/c26-19-17(6-9-30-21(19)28)36-20-22(29)32-24(35-13-10-31-23(20)35)33-11-7-25(8-12-33)15-34(14-18(25)27)16-4-2-1-3-5-16/h1-6,9-10,13,18H,7-8,11-12,14-15,27,29H2,(H2,28,30)/t18-/m1/s1. The number of fused-ring (bicyclic) bond motifs is 1. The molecule has 6 N–H and O–H groups in total. The largest absolute Gasteiger partial charge is 0.383 e. The lowest BCUT2D eigenvalue weighted by Crippen LogP contribution is -2.49. The molecule has 36 heavy (non-hydrogen) atoms. The first-order valence-corrected chi connectivity index (χ1v) is 13.2. The van der Waals surface area contributed by atoms with Crippen molar-refractivity contribution in [3.8, 4) is 0 Å². The van der Waals surface area contributed by atoms with Crippen molar-refractivity contribution < 1.29 is 0 Å². The number of nitrogens with zero attached hydrogens (tertiary/aromatic N) is 6. The molecule has 186 valence electrons. The molecule has 5 heterocycles. The van der Waals surface area contributed by atoms with Gasteiger partial charge in [-0.15, -0.1) is 0 Å². The highest BCUT2D eigenvalue weighted by molar-refractivity contribution is 7.99. The summed E-state index contributed by atoms with van der Waals surface area (Å²) in [7, 11) is 0. The molecule has 9 nitrogen and oxygen atoms in total. The Morgan fingerprint density at radius 2 is 1.75 bits per heavy atom. The Morgan fingerprint density at radius 1 is 0.972 bits per heavy atom. The molecular weight excluding hydrogens is 494 g/mol. The smallest absolute Gasteiger partial charge is 0.213 e. The minimum atomic E-state index is 0.0970. The van der Waals surface area contributed by atoms with E-state index in [2.05, 4.69) is 44.0 Å². The second-order valence-electron chi connectivity index (χ2n) is 9.53. The van der Waals surface area contributed by atoms with Crippen LogP contribution in [0, 0.1) is 5.41 Å². The van der Waals surface area contributed by atoms with Crippen molar-refractivity contribution in [2.24, 2.45) is 11.1 Å². The second-order valence-corrected chi connectivity index (χ2v) is 11.0. The lowest BCUT2D eigenvalue weighted by molar-refractivity contribution is 0.220. The average Bonchev–Trinajstić information content (AvgIpc) is 3.50. The molecule has 2 aliphatic heterocycles. The van der Waals surface area contributed by atoms with Crippen LogP contribution in [0.4, 0.5) is 23.3 Å². The molecule has 4 aromatic rings. The molecule has 0 radical (unpaired) electrons. The molecule has 3 aromatic heterocycles. The van der Waals surface area contributed by atoms with Crippen LogP contribution in [0.25, 0.3) is 5.65 Å². The molecule has 0 amide bonds. The molecule has 11 heteroatoms. The fourth-order valence-electron chi connectivity index (χ4n) is 5.42. The number of nitrogens with two attached hydrogens (primary N) is 3. The maximum absolute atomic E-state index is 6.73. The number of hydrogen-bond donors (Lipinski definition) is 3. The van der Waals surface area contributed by atoms with E-state index in [0.29, 0.717) is 10.8 Å². The molecule has 1 spiro atoms. The summed E-state index contributed by atoms with van der Waals surface area (Å²) in [6, 6.07) is 12.5. The zero-order valence-electron chi connectivity index (χ0n) is 19.7. The van der Waals surface area contributed by atoms with Gasteiger partial charge in [0.2, 0.25) is 5.95 Å². The van der Waals surface area contributed by atoms with Crippen molar-refractivity contribution in [1.29, 1.82) is 0 Å². The molecular formula is C25H28ClN9S. The highest BCUT2D eigenvalue weighted by Crippen LogP contribution is 2.43. The number of pyridine rings is 1. The summed E-state index contributed by atoms with van der Waals surface area (Å²) >= 11 is 7.77. The Bertz CT molecular complexity index is 1400. The summed E-state index contributed by atoms with van der Waals surface area (Å²) in [4.78, 5) is 19.7. The third-order valence-electron chi connectivity index (χ3n) is 7.48. The quantitative estimate of drug-likeness (QED) is 0.369. The van der Waals surface area contributed by atoms with Gasteiger partial charge in [-0.25, -0.2) is 9.97 Å². The fourth-order valence-corrected chi connectivity index (χ4v) is 6.58. The number of benzene rings is 1. The number of aromatic nitrogens is 4. The van der Waals surface area contributed by atoms with Crippen LogP contribution in [0.5, 0.6) is 0 Å². The molecule has 2 fully saturated rings. The van der Waals surface area contributed by atoms with E-state index in [1.54, 1.807) is 12.4 Å². The Morgan fingerprint density at radius 3 is 2.53 bits per heavy atom. The molecule has 1 aromatic carbocycles. The van der Waals surface area contributed by atoms with Crippen molar-refractivity contribution in [3.05, 3.63) is 60.0 Å². The van der Waals surface area contributed by atoms with Gasteiger partial charge in [0.1, 0.15) is 11.6 Å². The van der Waals surface area contributed by atoms with Crippen molar-refractivity contribution in [2.45, 2.75) is 28.7 Å². The summed E-state index contributed by atoms with van der Waals surface area (Å²) in [5.41, 5.74) is 21.2. The number of para-hydroxylation sites is 1. The Kier molecular flexibility index (Phi) is 5.82. The Labute approximate surface area is 218 Å². The number of piperidine rings is 1. The average molecular weight is 522 g/mol. The van der Waals surface area contributed by atoms with Crippen LogP contribution in [-0.2, 0) is 0 Å². The van der Waals surface area contributed by atoms with Gasteiger partial charge in [-0.2, -0.15) is 4.98 Å². The summed E-state index contributed by atoms with van der Waals surface area (Å²) in [6.07, 6.45) is 7.31. The lowest BCUT2D eigenvalue weighted by Gasteiger charge is -2.42. The van der Waals surface area contributed by atoms with E-state index in [0.717, 1.165) is 60.4 Å². The van der Waals surface area contributed by atoms with E-state index in [9.17, 15) is 0 Å². The minimum Gasteiger partial charge on any atom is -0.383 e. The third-order valence-corrected chi connectivity index (χ3v) is 9.14. The predicted molar refractivity (Wildman–Crippen MR) is 146 cm³/mol. The highest BCUT2D eigenvalue weighted by atomic mass is 35.5. The van der Waals surface area contributed by atoms with Gasteiger partial charge in [-0.3, -0.25) is 4.40 Å². The number of rotatable bonds is 4. The first-order valence-electron chi connectivity index (χ1n) is 12.0. The number of anilines is 4. The summed E-state index contributed by atoms with van der Waals surface area (Å²) in [6.45, 7) is 3.58. The van der Waals surface area contributed by atoms with Crippen LogP contribution in [0.3, 0.4) is 0 Å². The van der Waals surface area contributed by atoms with Crippen molar-refractivity contribution in [2.75, 3.05) is 47.4 Å². The molecule has 6 rings (SSSR count). The predicted octanol–water partition coefficient (Wildman–Crippen LogP) is 3.53. The van der Waals surface area contributed by atoms with Crippen LogP contribution in [-0.4, -0.2) is 51.6 Å². The van der Waals surface area contributed by atoms with Gasteiger partial charge in [-0.1, -0.05) is 41.6 Å². The molecule has 0 unspecified atom stereocenters. The maximum atomic E-state index is 6.73. The van der Waals surface area contributed by atoms with Crippen LogP contribution in [0.1, 0.15) is 12.8 Å². The van der Waals surface area contributed by atoms with Crippen LogP contribution < -0.4 is 27.0 Å². The normalized spacial score (nSPS) is 19.4. The van der Waals surface area contributed by atoms with Gasteiger partial charge < -0.3 is 27.0 Å². The van der Waals surface area contributed by atoms with Gasteiger partial charge in [-0.05, 0) is 31.0 Å². The first-order chi connectivity index (χ1) is 17.4. The minimum absolute atomic E-state index is 0.0970. The highest BCUT2D eigenvalue weighted by Gasteiger charge is 2.46. The van der Waals surface area contributed by atoms with Gasteiger partial charge in [0.15, 0.2) is 5.65 Å². The topological polar surface area (TPSA) is 128 Å². The van der Waals surface area contributed by atoms with E-state index in [-0.39, 0.29) is 17.3 Å². The molecule has 0 aliphatic carbocycles. The zero-order chi connectivity index (χ0) is 24.9. The summed E-state index contributed by atoms with van der Waals surface area (Å²) < 4.78 is 2.00. The second kappa shape index (κ2) is 9.02. The van der Waals surface area contributed by atoms with Crippen LogP contribution >= 0.6 is 23.4 Å². The number of imidazole rings is 1.